The standard InChI is InChI=1S/C72H140O17P2/c1-62(2)48-40-32-24-20-16-13-11-9-10-12-14-18-23-27-38-46-54-71(76)88-67(58-82-69(74)52-44-36-26-22-19-15-17-21-25-33-41-49-63(3)4)60-86-90(78,79)84-56-66(73)57-85-91(80,81)87-61-68(89-72(77)55-47-39-31-29-35-43-51-65(7)8)59-83-70(75)53-45-37-30-28-34-42-50-64(5)6/h62-68,73H,9-61H2,1-8H3,(H,78,79)(H,80,81)/t66-,67-,68-/m1/s1. The van der Waals surface area contributed by atoms with Crippen LogP contribution in [0.3, 0.4) is 0 Å². The fourth-order valence-electron chi connectivity index (χ4n) is 10.8. The van der Waals surface area contributed by atoms with Crippen LogP contribution in [0.2, 0.25) is 0 Å². The van der Waals surface area contributed by atoms with Crippen molar-refractivity contribution >= 4 is 39.5 Å². The highest BCUT2D eigenvalue weighted by molar-refractivity contribution is 7.47. The molecule has 0 heterocycles. The Kier molecular flexibility index (Phi) is 60.3. The summed E-state index contributed by atoms with van der Waals surface area (Å²) in [5.41, 5.74) is 0. The van der Waals surface area contributed by atoms with Gasteiger partial charge in [-0.2, -0.15) is 0 Å². The summed E-state index contributed by atoms with van der Waals surface area (Å²) in [5.74, 6) is 0.796. The van der Waals surface area contributed by atoms with E-state index >= 15 is 0 Å². The van der Waals surface area contributed by atoms with Gasteiger partial charge in [0.25, 0.3) is 0 Å². The van der Waals surface area contributed by atoms with E-state index in [1.54, 1.807) is 0 Å². The van der Waals surface area contributed by atoms with Crippen molar-refractivity contribution in [2.45, 2.75) is 375 Å². The maximum absolute atomic E-state index is 13.0. The average molecular weight is 1340 g/mol. The van der Waals surface area contributed by atoms with Gasteiger partial charge < -0.3 is 33.8 Å². The zero-order chi connectivity index (χ0) is 67.5. The molecular weight excluding hydrogens is 1200 g/mol. The molecule has 17 nitrogen and oxygen atoms in total. The number of aliphatic hydroxyl groups is 1. The third-order valence-electron chi connectivity index (χ3n) is 16.6. The second kappa shape index (κ2) is 61.6. The van der Waals surface area contributed by atoms with Crippen LogP contribution in [0.15, 0.2) is 0 Å². The second-order valence-corrected chi connectivity index (χ2v) is 30.8. The van der Waals surface area contributed by atoms with E-state index in [9.17, 15) is 43.2 Å². The topological polar surface area (TPSA) is 237 Å². The average Bonchev–Trinajstić information content (AvgIpc) is 3.00. The molecule has 0 radical (unpaired) electrons. The molecule has 0 aromatic heterocycles. The second-order valence-electron chi connectivity index (χ2n) is 27.9. The molecule has 0 aliphatic heterocycles. The predicted octanol–water partition coefficient (Wildman–Crippen LogP) is 20.5. The van der Waals surface area contributed by atoms with Crippen molar-refractivity contribution in [1.82, 2.24) is 0 Å². The number of carbonyl (C=O) groups is 4. The van der Waals surface area contributed by atoms with E-state index in [0.717, 1.165) is 108 Å². The Labute approximate surface area is 556 Å². The molecule has 3 N–H and O–H groups in total. The Balaban J connectivity index is 5.20. The van der Waals surface area contributed by atoms with Crippen LogP contribution in [0, 0.1) is 23.7 Å². The Morgan fingerprint density at radius 3 is 0.681 bits per heavy atom. The first-order valence-electron chi connectivity index (χ1n) is 37.2. The summed E-state index contributed by atoms with van der Waals surface area (Å²) in [6, 6.07) is 0. The fourth-order valence-corrected chi connectivity index (χ4v) is 12.4. The molecule has 0 amide bonds. The van der Waals surface area contributed by atoms with Gasteiger partial charge in [-0.15, -0.1) is 0 Å². The molecule has 5 atom stereocenters. The van der Waals surface area contributed by atoms with Gasteiger partial charge in [0.1, 0.15) is 19.3 Å². The normalized spacial score (nSPS) is 14.2. The van der Waals surface area contributed by atoms with Crippen LogP contribution < -0.4 is 0 Å². The largest absolute Gasteiger partial charge is 0.472 e. The van der Waals surface area contributed by atoms with E-state index in [4.69, 9.17) is 37.0 Å². The summed E-state index contributed by atoms with van der Waals surface area (Å²) in [7, 11) is -9.90. The van der Waals surface area contributed by atoms with E-state index in [1.165, 1.54) is 154 Å². The number of rotatable bonds is 69. The van der Waals surface area contributed by atoms with Crippen LogP contribution in [0.1, 0.15) is 357 Å². The summed E-state index contributed by atoms with van der Waals surface area (Å²) in [5, 5.41) is 10.6. The lowest BCUT2D eigenvalue weighted by molar-refractivity contribution is -0.161. The van der Waals surface area contributed by atoms with Gasteiger partial charge in [-0.1, -0.05) is 306 Å². The number of phosphoric ester groups is 2. The smallest absolute Gasteiger partial charge is 0.462 e. The van der Waals surface area contributed by atoms with Crippen molar-refractivity contribution in [3.05, 3.63) is 0 Å². The molecule has 19 heteroatoms. The molecule has 0 spiro atoms. The Morgan fingerprint density at radius 2 is 0.462 bits per heavy atom. The van der Waals surface area contributed by atoms with E-state index in [1.807, 2.05) is 0 Å². The van der Waals surface area contributed by atoms with E-state index in [0.29, 0.717) is 37.5 Å². The molecule has 2 unspecified atom stereocenters. The minimum atomic E-state index is -4.95. The van der Waals surface area contributed by atoms with Crippen LogP contribution in [0.4, 0.5) is 0 Å². The first-order chi connectivity index (χ1) is 43.6. The lowest BCUT2D eigenvalue weighted by Crippen LogP contribution is -2.30. The minimum absolute atomic E-state index is 0.101. The third kappa shape index (κ3) is 66.5. The van der Waals surface area contributed by atoms with E-state index in [2.05, 4.69) is 55.4 Å². The van der Waals surface area contributed by atoms with Crippen molar-refractivity contribution in [3.8, 4) is 0 Å². The van der Waals surface area contributed by atoms with Crippen molar-refractivity contribution in [2.75, 3.05) is 39.6 Å². The van der Waals surface area contributed by atoms with Crippen LogP contribution >= 0.6 is 15.6 Å². The lowest BCUT2D eigenvalue weighted by Gasteiger charge is -2.21. The number of unbranched alkanes of at least 4 members (excludes halogenated alkanes) is 35. The SMILES string of the molecule is CC(C)CCCCCCCCCCCCCCCCCCC(=O)O[C@H](COC(=O)CCCCCCCCCCCCCC(C)C)COP(=O)(O)OC[C@@H](O)COP(=O)(O)OC[C@@H](COC(=O)CCCCCCCCC(C)C)OC(=O)CCCCCCCCC(C)C. The van der Waals surface area contributed by atoms with Crippen molar-refractivity contribution < 1.29 is 80.2 Å². The molecule has 540 valence electrons. The summed E-state index contributed by atoms with van der Waals surface area (Å²) in [6.07, 6.45) is 44.9. The van der Waals surface area contributed by atoms with Crippen LogP contribution in [0.5, 0.6) is 0 Å². The molecule has 0 rings (SSSR count). The number of esters is 4. The number of phosphoric acid groups is 2. The lowest BCUT2D eigenvalue weighted by atomic mass is 10.0. The summed E-state index contributed by atoms with van der Waals surface area (Å²) in [6.45, 7) is 14.0. The van der Waals surface area contributed by atoms with Gasteiger partial charge in [0, 0.05) is 25.7 Å². The van der Waals surface area contributed by atoms with Gasteiger partial charge in [0.2, 0.25) is 0 Å². The highest BCUT2D eigenvalue weighted by Crippen LogP contribution is 2.45. The van der Waals surface area contributed by atoms with Gasteiger partial charge in [-0.25, -0.2) is 9.13 Å². The zero-order valence-corrected chi connectivity index (χ0v) is 61.3. The van der Waals surface area contributed by atoms with E-state index < -0.39 is 97.5 Å². The molecule has 91 heavy (non-hydrogen) atoms. The summed E-state index contributed by atoms with van der Waals surface area (Å²) in [4.78, 5) is 72.5. The van der Waals surface area contributed by atoms with Gasteiger partial charge >= 0.3 is 39.5 Å². The zero-order valence-electron chi connectivity index (χ0n) is 59.5. The monoisotopic (exact) mass is 1340 g/mol. The number of hydrogen-bond acceptors (Lipinski definition) is 15. The number of ether oxygens (including phenoxy) is 4. The van der Waals surface area contributed by atoms with Crippen LogP contribution in [0.25, 0.3) is 0 Å². The molecule has 0 fully saturated rings. The third-order valence-corrected chi connectivity index (χ3v) is 18.5. The summed E-state index contributed by atoms with van der Waals surface area (Å²) < 4.78 is 68.3. The van der Waals surface area contributed by atoms with Gasteiger partial charge in [0.05, 0.1) is 26.4 Å². The molecule has 0 aliphatic rings. The molecule has 0 bridgehead atoms. The number of carbonyl (C=O) groups excluding carboxylic acids is 4. The van der Waals surface area contributed by atoms with E-state index in [-0.39, 0.29) is 25.7 Å². The summed E-state index contributed by atoms with van der Waals surface area (Å²) >= 11 is 0. The van der Waals surface area contributed by atoms with Gasteiger partial charge in [0.15, 0.2) is 12.2 Å². The Morgan fingerprint density at radius 1 is 0.275 bits per heavy atom. The van der Waals surface area contributed by atoms with Crippen molar-refractivity contribution in [3.63, 3.8) is 0 Å². The first kappa shape index (κ1) is 89.1. The molecule has 0 saturated heterocycles. The quantitative estimate of drug-likeness (QED) is 0.0222. The van der Waals surface area contributed by atoms with Crippen LogP contribution in [-0.4, -0.2) is 96.7 Å². The van der Waals surface area contributed by atoms with Crippen molar-refractivity contribution in [1.29, 1.82) is 0 Å². The highest BCUT2D eigenvalue weighted by Gasteiger charge is 2.30. The molecule has 0 aromatic carbocycles. The molecule has 0 aromatic rings. The van der Waals surface area contributed by atoms with Gasteiger partial charge in [-0.3, -0.25) is 37.3 Å². The Hall–Kier alpha value is -1.94. The molecular formula is C72H140O17P2. The maximum atomic E-state index is 13.0. The molecule has 0 aliphatic carbocycles. The molecule has 0 saturated carbocycles. The fraction of sp³-hybridized carbons (Fsp3) is 0.944. The first-order valence-corrected chi connectivity index (χ1v) is 40.2. The maximum Gasteiger partial charge on any atom is 0.472 e. The van der Waals surface area contributed by atoms with Gasteiger partial charge in [-0.05, 0) is 49.4 Å². The van der Waals surface area contributed by atoms with Crippen LogP contribution in [-0.2, 0) is 65.4 Å². The Bertz CT molecular complexity index is 1800. The number of hydrogen-bond donors (Lipinski definition) is 3. The van der Waals surface area contributed by atoms with Crippen molar-refractivity contribution in [2.24, 2.45) is 23.7 Å². The predicted molar refractivity (Wildman–Crippen MR) is 367 cm³/mol. The minimum Gasteiger partial charge on any atom is -0.462 e. The highest BCUT2D eigenvalue weighted by atomic mass is 31.2. The number of aliphatic hydroxyl groups excluding tert-OH is 1.